The molecule has 7 nitrogen and oxygen atoms in total. The molecule has 0 unspecified atom stereocenters. The molecule has 0 amide bonds. The number of nitrogens with zero attached hydrogens (tertiary/aromatic N) is 4. The summed E-state index contributed by atoms with van der Waals surface area (Å²) in [6.07, 6.45) is -8.14. The smallest absolute Gasteiger partial charge is 0.426 e. The van der Waals surface area contributed by atoms with Crippen molar-refractivity contribution < 1.29 is 26.7 Å². The third-order valence-corrected chi connectivity index (χ3v) is 5.63. The number of nitrogens with one attached hydrogen (secondary N) is 2. The fourth-order valence-electron chi connectivity index (χ4n) is 3.43. The number of halogens is 5. The Kier molecular flexibility index (Phi) is 7.90. The fraction of sp³-hybridized carbons (Fsp3) is 0.154. The van der Waals surface area contributed by atoms with Gasteiger partial charge in [0.25, 0.3) is 0 Å². The Bertz CT molecular complexity index is 1460. The van der Waals surface area contributed by atoms with Crippen LogP contribution in [0.4, 0.5) is 27.6 Å². The number of anilines is 1. The standard InChI is InChI=1S/C26H21F5N6OS/c1-16-4-3-5-17(2)22(16)34-24(39)35-33-14-18-6-8-19(9-7-18)23-32-15-37(36-23)20-10-12-21(13-11-20)38-26(30,31)25(27,28)29/h3-15H,1-2H3,(H2,34,35,39)/b33-14+. The molecule has 0 aliphatic rings. The highest BCUT2D eigenvalue weighted by atomic mass is 32.1. The minimum absolute atomic E-state index is 0.351. The van der Waals surface area contributed by atoms with E-state index < -0.39 is 18.0 Å². The minimum Gasteiger partial charge on any atom is -0.426 e. The third kappa shape index (κ3) is 6.74. The van der Waals surface area contributed by atoms with E-state index in [0.29, 0.717) is 22.2 Å². The van der Waals surface area contributed by atoms with Crippen molar-refractivity contribution in [2.45, 2.75) is 26.1 Å². The first-order chi connectivity index (χ1) is 18.4. The molecule has 3 aromatic carbocycles. The van der Waals surface area contributed by atoms with Gasteiger partial charge in [-0.3, -0.25) is 5.43 Å². The van der Waals surface area contributed by atoms with E-state index in [0.717, 1.165) is 34.5 Å². The number of hydrogen-bond donors (Lipinski definition) is 2. The van der Waals surface area contributed by atoms with Gasteiger partial charge in [-0.2, -0.15) is 27.1 Å². The predicted octanol–water partition coefficient (Wildman–Crippen LogP) is 6.41. The number of para-hydroxylation sites is 1. The van der Waals surface area contributed by atoms with Crippen LogP contribution in [0.3, 0.4) is 0 Å². The number of thiocarbonyl (C=S) groups is 1. The number of ether oxygens (including phenoxy) is 1. The lowest BCUT2D eigenvalue weighted by Gasteiger charge is -2.20. The van der Waals surface area contributed by atoms with Gasteiger partial charge in [-0.1, -0.05) is 42.5 Å². The summed E-state index contributed by atoms with van der Waals surface area (Å²) in [4.78, 5) is 4.23. The van der Waals surface area contributed by atoms with Crippen molar-refractivity contribution in [3.05, 3.63) is 89.7 Å². The van der Waals surface area contributed by atoms with Gasteiger partial charge in [0.15, 0.2) is 10.9 Å². The molecule has 202 valence electrons. The highest BCUT2D eigenvalue weighted by Gasteiger charge is 2.61. The molecule has 2 N–H and O–H groups in total. The summed E-state index contributed by atoms with van der Waals surface area (Å²) in [7, 11) is 0. The van der Waals surface area contributed by atoms with Crippen molar-refractivity contribution in [2.24, 2.45) is 5.10 Å². The molecular formula is C26H21F5N6OS. The second-order valence-electron chi connectivity index (χ2n) is 8.34. The first kappa shape index (κ1) is 27.6. The van der Waals surface area contributed by atoms with Gasteiger partial charge in [0, 0.05) is 11.3 Å². The zero-order valence-electron chi connectivity index (χ0n) is 20.5. The van der Waals surface area contributed by atoms with Gasteiger partial charge in [-0.25, -0.2) is 9.67 Å². The van der Waals surface area contributed by atoms with Crippen LogP contribution >= 0.6 is 12.2 Å². The Labute approximate surface area is 225 Å². The first-order valence-corrected chi connectivity index (χ1v) is 11.8. The van der Waals surface area contributed by atoms with E-state index in [1.165, 1.54) is 23.1 Å². The van der Waals surface area contributed by atoms with Crippen LogP contribution in [0.15, 0.2) is 78.2 Å². The summed E-state index contributed by atoms with van der Waals surface area (Å²) in [6.45, 7) is 3.97. The lowest BCUT2D eigenvalue weighted by molar-refractivity contribution is -0.360. The number of aromatic nitrogens is 3. The highest BCUT2D eigenvalue weighted by Crippen LogP contribution is 2.37. The lowest BCUT2D eigenvalue weighted by Crippen LogP contribution is -2.41. The zero-order chi connectivity index (χ0) is 28.2. The molecule has 0 bridgehead atoms. The van der Waals surface area contributed by atoms with E-state index >= 15 is 0 Å². The van der Waals surface area contributed by atoms with Crippen LogP contribution in [0.2, 0.25) is 0 Å². The molecule has 0 atom stereocenters. The Morgan fingerprint density at radius 1 is 0.949 bits per heavy atom. The molecule has 0 aliphatic heterocycles. The molecule has 4 rings (SSSR count). The van der Waals surface area contributed by atoms with Crippen molar-refractivity contribution in [3.8, 4) is 22.8 Å². The Morgan fingerprint density at radius 2 is 1.59 bits per heavy atom. The van der Waals surface area contributed by atoms with Crippen molar-refractivity contribution >= 4 is 29.2 Å². The van der Waals surface area contributed by atoms with Crippen molar-refractivity contribution in [1.82, 2.24) is 20.2 Å². The van der Waals surface area contributed by atoms with Crippen molar-refractivity contribution in [1.29, 1.82) is 0 Å². The number of alkyl halides is 5. The lowest BCUT2D eigenvalue weighted by atomic mass is 10.1. The Hall–Kier alpha value is -4.39. The van der Waals surface area contributed by atoms with E-state index in [4.69, 9.17) is 12.2 Å². The fourth-order valence-corrected chi connectivity index (χ4v) is 3.58. The molecular weight excluding hydrogens is 539 g/mol. The van der Waals surface area contributed by atoms with Crippen LogP contribution in [0, 0.1) is 13.8 Å². The molecule has 0 saturated carbocycles. The third-order valence-electron chi connectivity index (χ3n) is 5.44. The number of hydrogen-bond acceptors (Lipinski definition) is 5. The molecule has 0 fully saturated rings. The first-order valence-electron chi connectivity index (χ1n) is 11.4. The molecule has 0 spiro atoms. The predicted molar refractivity (Wildman–Crippen MR) is 141 cm³/mol. The van der Waals surface area contributed by atoms with Gasteiger partial charge in [0.05, 0.1) is 11.9 Å². The van der Waals surface area contributed by atoms with Crippen LogP contribution < -0.4 is 15.5 Å². The van der Waals surface area contributed by atoms with Gasteiger partial charge in [0.2, 0.25) is 0 Å². The maximum absolute atomic E-state index is 13.1. The number of rotatable bonds is 7. The van der Waals surface area contributed by atoms with E-state index in [-0.39, 0.29) is 0 Å². The minimum atomic E-state index is -5.82. The second-order valence-corrected chi connectivity index (χ2v) is 8.74. The van der Waals surface area contributed by atoms with Crippen molar-refractivity contribution in [2.75, 3.05) is 5.32 Å². The molecule has 1 aromatic heterocycles. The second kappa shape index (κ2) is 11.2. The zero-order valence-corrected chi connectivity index (χ0v) is 21.3. The number of benzene rings is 3. The Morgan fingerprint density at radius 3 is 2.21 bits per heavy atom. The highest BCUT2D eigenvalue weighted by molar-refractivity contribution is 7.80. The SMILES string of the molecule is Cc1cccc(C)c1NC(=S)N/N=C/c1ccc(-c2ncn(-c3ccc(OC(F)(F)C(F)(F)F)cc3)n2)cc1. The van der Waals surface area contributed by atoms with Crippen LogP contribution in [0.25, 0.3) is 17.1 Å². The van der Waals surface area contributed by atoms with Crippen LogP contribution in [0.5, 0.6) is 5.75 Å². The van der Waals surface area contributed by atoms with Crippen LogP contribution in [-0.4, -0.2) is 38.4 Å². The maximum atomic E-state index is 13.1. The van der Waals surface area contributed by atoms with Gasteiger partial charge in [-0.15, -0.1) is 5.10 Å². The van der Waals surface area contributed by atoms with Gasteiger partial charge >= 0.3 is 12.3 Å². The molecule has 1 heterocycles. The average molecular weight is 561 g/mol. The number of aryl methyl sites for hydroxylation is 2. The molecule has 0 aliphatic carbocycles. The molecule has 0 saturated heterocycles. The molecule has 13 heteroatoms. The van der Waals surface area contributed by atoms with Gasteiger partial charge in [-0.05, 0) is 67.0 Å². The summed E-state index contributed by atoms with van der Waals surface area (Å²) < 4.78 is 68.3. The molecule has 4 aromatic rings. The molecule has 39 heavy (non-hydrogen) atoms. The normalized spacial score (nSPS) is 12.0. The van der Waals surface area contributed by atoms with Crippen molar-refractivity contribution in [3.63, 3.8) is 0 Å². The summed E-state index contributed by atoms with van der Waals surface area (Å²) >= 11 is 5.30. The largest absolute Gasteiger partial charge is 0.499 e. The summed E-state index contributed by atoms with van der Waals surface area (Å²) in [5.74, 6) is -0.269. The van der Waals surface area contributed by atoms with E-state index in [1.807, 2.05) is 32.0 Å². The van der Waals surface area contributed by atoms with E-state index in [9.17, 15) is 22.0 Å². The van der Waals surface area contributed by atoms with Crippen LogP contribution in [0.1, 0.15) is 16.7 Å². The van der Waals surface area contributed by atoms with E-state index in [2.05, 4.69) is 30.7 Å². The number of hydrazone groups is 1. The summed E-state index contributed by atoms with van der Waals surface area (Å²) in [5, 5.41) is 12.0. The van der Waals surface area contributed by atoms with Gasteiger partial charge in [0.1, 0.15) is 12.1 Å². The molecule has 0 radical (unpaired) electrons. The topological polar surface area (TPSA) is 76.4 Å². The Balaban J connectivity index is 1.36. The summed E-state index contributed by atoms with van der Waals surface area (Å²) in [5.41, 5.74) is 7.69. The van der Waals surface area contributed by atoms with Gasteiger partial charge < -0.3 is 10.1 Å². The average Bonchev–Trinajstić information content (AvgIpc) is 3.37. The summed E-state index contributed by atoms with van der Waals surface area (Å²) in [6, 6.07) is 17.6. The van der Waals surface area contributed by atoms with Crippen LogP contribution in [-0.2, 0) is 0 Å². The quantitative estimate of drug-likeness (QED) is 0.118. The van der Waals surface area contributed by atoms with E-state index in [1.54, 1.807) is 30.5 Å². The monoisotopic (exact) mass is 560 g/mol. The maximum Gasteiger partial charge on any atom is 0.499 e.